The third kappa shape index (κ3) is 3.33. The molecule has 2 rings (SSSR count). The van der Waals surface area contributed by atoms with Gasteiger partial charge in [0, 0.05) is 17.1 Å². The van der Waals surface area contributed by atoms with Crippen molar-refractivity contribution >= 4 is 21.9 Å². The molecule has 1 heterocycles. The van der Waals surface area contributed by atoms with E-state index in [1.54, 1.807) is 7.11 Å². The summed E-state index contributed by atoms with van der Waals surface area (Å²) in [7, 11) is 1.65. The van der Waals surface area contributed by atoms with Crippen LogP contribution in [0.1, 0.15) is 31.4 Å². The number of aliphatic carboxylic acids is 1. The Balaban J connectivity index is 2.14. The van der Waals surface area contributed by atoms with Crippen LogP contribution in [-0.4, -0.2) is 36.2 Å². The molecule has 0 aliphatic carbocycles. The Morgan fingerprint density at radius 3 is 2.90 bits per heavy atom. The highest BCUT2D eigenvalue weighted by Gasteiger charge is 2.29. The smallest absolute Gasteiger partial charge is 0.307 e. The molecule has 0 saturated carbocycles. The van der Waals surface area contributed by atoms with Crippen LogP contribution in [0.2, 0.25) is 0 Å². The number of piperidine rings is 1. The van der Waals surface area contributed by atoms with Gasteiger partial charge < -0.3 is 9.84 Å². The van der Waals surface area contributed by atoms with Crippen LogP contribution in [0.5, 0.6) is 5.75 Å². The van der Waals surface area contributed by atoms with E-state index in [4.69, 9.17) is 4.74 Å². The number of carbonyl (C=O) groups is 1. The molecule has 0 spiro atoms. The number of benzene rings is 1. The zero-order valence-corrected chi connectivity index (χ0v) is 13.4. The molecule has 1 aliphatic rings. The Morgan fingerprint density at radius 1 is 1.55 bits per heavy atom. The van der Waals surface area contributed by atoms with Crippen molar-refractivity contribution in [2.45, 2.75) is 25.8 Å². The summed E-state index contributed by atoms with van der Waals surface area (Å²) in [5, 5.41) is 9.18. The van der Waals surface area contributed by atoms with E-state index in [1.165, 1.54) is 0 Å². The van der Waals surface area contributed by atoms with Crippen LogP contribution < -0.4 is 4.74 Å². The van der Waals surface area contributed by atoms with Gasteiger partial charge in [-0.25, -0.2) is 0 Å². The lowest BCUT2D eigenvalue weighted by Crippen LogP contribution is -2.40. The van der Waals surface area contributed by atoms with Crippen molar-refractivity contribution in [3.05, 3.63) is 28.2 Å². The van der Waals surface area contributed by atoms with Gasteiger partial charge >= 0.3 is 5.97 Å². The molecule has 1 fully saturated rings. The number of ether oxygens (including phenoxy) is 1. The maximum atomic E-state index is 11.2. The standard InChI is InChI=1S/C15H20BrNO3/c1-10(13-6-5-12(20-2)8-14(13)16)17-7-3-4-11(9-17)15(18)19/h5-6,8,10-11H,3-4,7,9H2,1-2H3,(H,18,19). The van der Waals surface area contributed by atoms with Gasteiger partial charge in [0.05, 0.1) is 13.0 Å². The van der Waals surface area contributed by atoms with E-state index in [2.05, 4.69) is 27.8 Å². The van der Waals surface area contributed by atoms with Crippen molar-refractivity contribution in [3.8, 4) is 5.75 Å². The van der Waals surface area contributed by atoms with E-state index in [9.17, 15) is 9.90 Å². The topological polar surface area (TPSA) is 49.8 Å². The Morgan fingerprint density at radius 2 is 2.30 bits per heavy atom. The minimum atomic E-state index is -0.685. The minimum Gasteiger partial charge on any atom is -0.497 e. The molecule has 1 aromatic rings. The molecule has 20 heavy (non-hydrogen) atoms. The van der Waals surface area contributed by atoms with E-state index in [0.29, 0.717) is 6.54 Å². The Bertz CT molecular complexity index is 492. The number of likely N-dealkylation sites (tertiary alicyclic amines) is 1. The zero-order valence-electron chi connectivity index (χ0n) is 11.8. The predicted molar refractivity (Wildman–Crippen MR) is 81.0 cm³/mol. The summed E-state index contributed by atoms with van der Waals surface area (Å²) in [6.07, 6.45) is 1.72. The number of rotatable bonds is 4. The second-order valence-electron chi connectivity index (χ2n) is 5.24. The summed E-state index contributed by atoms with van der Waals surface area (Å²) >= 11 is 3.58. The number of hydrogen-bond acceptors (Lipinski definition) is 3. The monoisotopic (exact) mass is 341 g/mol. The second kappa shape index (κ2) is 6.59. The predicted octanol–water partition coefficient (Wildman–Crippen LogP) is 3.32. The Hall–Kier alpha value is -1.07. The van der Waals surface area contributed by atoms with Crippen LogP contribution >= 0.6 is 15.9 Å². The van der Waals surface area contributed by atoms with Crippen molar-refractivity contribution in [1.82, 2.24) is 4.90 Å². The van der Waals surface area contributed by atoms with Gasteiger partial charge in [0.25, 0.3) is 0 Å². The summed E-state index contributed by atoms with van der Waals surface area (Å²) in [5.74, 6) is -0.117. The van der Waals surface area contributed by atoms with Crippen molar-refractivity contribution in [2.24, 2.45) is 5.92 Å². The number of methoxy groups -OCH3 is 1. The lowest BCUT2D eigenvalue weighted by molar-refractivity contribution is -0.143. The molecule has 0 bridgehead atoms. The highest BCUT2D eigenvalue weighted by atomic mass is 79.9. The van der Waals surface area contributed by atoms with E-state index in [-0.39, 0.29) is 12.0 Å². The average Bonchev–Trinajstić information content (AvgIpc) is 2.46. The first-order valence-electron chi connectivity index (χ1n) is 6.83. The number of carboxylic acids is 1. The number of hydrogen-bond donors (Lipinski definition) is 1. The Kier molecular flexibility index (Phi) is 5.05. The first-order chi connectivity index (χ1) is 9.52. The molecule has 1 aliphatic heterocycles. The van der Waals surface area contributed by atoms with E-state index >= 15 is 0 Å². The van der Waals surface area contributed by atoms with Crippen molar-refractivity contribution in [1.29, 1.82) is 0 Å². The summed E-state index contributed by atoms with van der Waals surface area (Å²) in [5.41, 5.74) is 1.16. The Labute approximate surface area is 127 Å². The van der Waals surface area contributed by atoms with Crippen LogP contribution in [0, 0.1) is 5.92 Å². The summed E-state index contributed by atoms with van der Waals surface area (Å²) in [6, 6.07) is 6.12. The van der Waals surface area contributed by atoms with Crippen molar-refractivity contribution in [3.63, 3.8) is 0 Å². The third-order valence-electron chi connectivity index (χ3n) is 4.01. The first-order valence-corrected chi connectivity index (χ1v) is 7.62. The van der Waals surface area contributed by atoms with Gasteiger partial charge in [0.2, 0.25) is 0 Å². The lowest BCUT2D eigenvalue weighted by Gasteiger charge is -2.35. The molecule has 0 aromatic heterocycles. The van der Waals surface area contributed by atoms with E-state index < -0.39 is 5.97 Å². The van der Waals surface area contributed by atoms with Crippen LogP contribution in [0.3, 0.4) is 0 Å². The lowest BCUT2D eigenvalue weighted by atomic mass is 9.95. The van der Waals surface area contributed by atoms with Crippen LogP contribution in [0.15, 0.2) is 22.7 Å². The number of halogens is 1. The third-order valence-corrected chi connectivity index (χ3v) is 4.69. The highest BCUT2D eigenvalue weighted by molar-refractivity contribution is 9.10. The molecule has 2 atom stereocenters. The number of nitrogens with zero attached hydrogens (tertiary/aromatic N) is 1. The van der Waals surface area contributed by atoms with Crippen LogP contribution in [-0.2, 0) is 4.79 Å². The van der Waals surface area contributed by atoms with E-state index in [1.807, 2.05) is 18.2 Å². The molecular formula is C15H20BrNO3. The maximum Gasteiger partial charge on any atom is 0.307 e. The summed E-state index contributed by atoms with van der Waals surface area (Å²) < 4.78 is 6.20. The van der Waals surface area contributed by atoms with Gasteiger partial charge in [-0.1, -0.05) is 22.0 Å². The SMILES string of the molecule is COc1ccc(C(C)N2CCCC(C(=O)O)C2)c(Br)c1. The fourth-order valence-corrected chi connectivity index (χ4v) is 3.42. The summed E-state index contributed by atoms with van der Waals surface area (Å²) in [4.78, 5) is 13.4. The fourth-order valence-electron chi connectivity index (χ4n) is 2.73. The molecule has 0 radical (unpaired) electrons. The molecule has 4 nitrogen and oxygen atoms in total. The average molecular weight is 342 g/mol. The molecule has 1 N–H and O–H groups in total. The van der Waals surface area contributed by atoms with Crippen molar-refractivity contribution in [2.75, 3.05) is 20.2 Å². The largest absolute Gasteiger partial charge is 0.497 e. The molecule has 110 valence electrons. The second-order valence-corrected chi connectivity index (χ2v) is 6.09. The fraction of sp³-hybridized carbons (Fsp3) is 0.533. The van der Waals surface area contributed by atoms with Crippen LogP contribution in [0.4, 0.5) is 0 Å². The summed E-state index contributed by atoms with van der Waals surface area (Å²) in [6.45, 7) is 3.69. The first kappa shape index (κ1) is 15.3. The molecule has 2 unspecified atom stereocenters. The molecule has 1 aromatic carbocycles. The van der Waals surface area contributed by atoms with Gasteiger partial charge in [-0.15, -0.1) is 0 Å². The maximum absolute atomic E-state index is 11.2. The normalized spacial score (nSPS) is 21.4. The zero-order chi connectivity index (χ0) is 14.7. The van der Waals surface area contributed by atoms with Gasteiger partial charge in [-0.05, 0) is 44.0 Å². The highest BCUT2D eigenvalue weighted by Crippen LogP contribution is 2.33. The molecule has 1 saturated heterocycles. The molecule has 0 amide bonds. The van der Waals surface area contributed by atoms with Gasteiger partial charge in [0.1, 0.15) is 5.75 Å². The van der Waals surface area contributed by atoms with Gasteiger partial charge in [-0.2, -0.15) is 0 Å². The van der Waals surface area contributed by atoms with Gasteiger partial charge in [0.15, 0.2) is 0 Å². The number of carboxylic acid groups (broad SMARTS) is 1. The minimum absolute atomic E-state index is 0.192. The quantitative estimate of drug-likeness (QED) is 0.912. The molecular weight excluding hydrogens is 322 g/mol. The van der Waals surface area contributed by atoms with Crippen LogP contribution in [0.25, 0.3) is 0 Å². The van der Waals surface area contributed by atoms with E-state index in [0.717, 1.165) is 35.2 Å². The molecule has 5 heteroatoms. The van der Waals surface area contributed by atoms with Crippen molar-refractivity contribution < 1.29 is 14.6 Å². The van der Waals surface area contributed by atoms with Gasteiger partial charge in [-0.3, -0.25) is 9.69 Å².